The van der Waals surface area contributed by atoms with Gasteiger partial charge in [-0.2, -0.15) is 0 Å². The Morgan fingerprint density at radius 3 is 2.25 bits per heavy atom. The summed E-state index contributed by atoms with van der Waals surface area (Å²) in [6.07, 6.45) is 1.02. The highest BCUT2D eigenvalue weighted by molar-refractivity contribution is 8.08. The van der Waals surface area contributed by atoms with E-state index >= 15 is 0 Å². The Hall–Kier alpha value is 0.0300. The Morgan fingerprint density at radius 2 is 1.75 bits per heavy atom. The predicted molar refractivity (Wildman–Crippen MR) is 54.3 cm³/mol. The van der Waals surface area contributed by atoms with Gasteiger partial charge in [0.1, 0.15) is 0 Å². The maximum Gasteiger partial charge on any atom is 0.253 e. The molecule has 0 amide bonds. The fourth-order valence-electron chi connectivity index (χ4n) is 0.904. The second-order valence-corrected chi connectivity index (χ2v) is 7.91. The van der Waals surface area contributed by atoms with Gasteiger partial charge in [0, 0.05) is 6.16 Å². The van der Waals surface area contributed by atoms with Crippen LogP contribution in [0.25, 0.3) is 0 Å². The summed E-state index contributed by atoms with van der Waals surface area (Å²) < 4.78 is 10.9. The Bertz CT molecular complexity index is 280. The Kier molecular flexibility index (Phi) is 3.64. The van der Waals surface area contributed by atoms with Crippen LogP contribution in [0.15, 0.2) is 30.3 Å². The zero-order valence-corrected chi connectivity index (χ0v) is 8.82. The van der Waals surface area contributed by atoms with Gasteiger partial charge >= 0.3 is 0 Å². The second kappa shape index (κ2) is 4.32. The van der Waals surface area contributed by atoms with Gasteiger partial charge in [0.15, 0.2) is 0 Å². The van der Waals surface area contributed by atoms with Crippen molar-refractivity contribution in [3.8, 4) is 0 Å². The zero-order valence-electron chi connectivity index (χ0n) is 6.41. The Labute approximate surface area is 81.6 Å². The number of halogens is 2. The molecule has 66 valence electrons. The highest BCUT2D eigenvalue weighted by Crippen LogP contribution is 2.56. The third-order valence-corrected chi connectivity index (χ3v) is 3.26. The average molecular weight is 223 g/mol. The van der Waals surface area contributed by atoms with Gasteiger partial charge in [0.2, 0.25) is 0 Å². The van der Waals surface area contributed by atoms with E-state index in [4.69, 9.17) is 22.5 Å². The molecule has 0 saturated heterocycles. The quantitative estimate of drug-likeness (QED) is 0.710. The number of hydrogen-bond donors (Lipinski definition) is 0. The first-order valence-electron chi connectivity index (χ1n) is 3.60. The molecular formula is C8H9Cl2OP. The summed E-state index contributed by atoms with van der Waals surface area (Å²) in [5.74, 6) is -2.89. The number of benzene rings is 1. The van der Waals surface area contributed by atoms with E-state index in [1.807, 2.05) is 30.3 Å². The molecule has 0 N–H and O–H groups in total. The van der Waals surface area contributed by atoms with E-state index in [1.54, 1.807) is 0 Å². The summed E-state index contributed by atoms with van der Waals surface area (Å²) in [5, 5.41) is 0. The lowest BCUT2D eigenvalue weighted by atomic mass is 10.2. The van der Waals surface area contributed by atoms with Gasteiger partial charge in [-0.05, 0) is 34.5 Å². The molecule has 1 aromatic rings. The second-order valence-electron chi connectivity index (χ2n) is 2.53. The minimum Gasteiger partial charge on any atom is -0.289 e. The molecule has 0 radical (unpaired) electrons. The van der Waals surface area contributed by atoms with Crippen molar-refractivity contribution in [2.24, 2.45) is 0 Å². The molecule has 0 unspecified atom stereocenters. The molecule has 0 aromatic heterocycles. The van der Waals surface area contributed by atoms with Crippen molar-refractivity contribution in [3.05, 3.63) is 35.9 Å². The summed E-state index contributed by atoms with van der Waals surface area (Å²) in [6.45, 7) is 0. The molecule has 1 nitrogen and oxygen atoms in total. The van der Waals surface area contributed by atoms with Crippen LogP contribution in [0, 0.1) is 0 Å². The molecule has 0 bridgehead atoms. The van der Waals surface area contributed by atoms with E-state index in [0.717, 1.165) is 5.56 Å². The van der Waals surface area contributed by atoms with Crippen LogP contribution in [-0.2, 0) is 11.0 Å². The van der Waals surface area contributed by atoms with Gasteiger partial charge in [-0.1, -0.05) is 30.3 Å². The summed E-state index contributed by atoms with van der Waals surface area (Å²) in [7, 11) is 0. The van der Waals surface area contributed by atoms with Crippen LogP contribution in [0.4, 0.5) is 0 Å². The lowest BCUT2D eigenvalue weighted by Gasteiger charge is -2.01. The van der Waals surface area contributed by atoms with Crippen LogP contribution in [0.3, 0.4) is 0 Å². The average Bonchev–Trinajstić information content (AvgIpc) is 2.02. The first kappa shape index (κ1) is 10.1. The minimum atomic E-state index is -2.89. The number of aryl methyl sites for hydroxylation is 1. The lowest BCUT2D eigenvalue weighted by Crippen LogP contribution is -1.87. The molecule has 0 saturated carbocycles. The molecule has 0 aliphatic rings. The summed E-state index contributed by atoms with van der Waals surface area (Å²) in [5.41, 5.74) is 1.11. The first-order chi connectivity index (χ1) is 5.58. The molecule has 0 fully saturated rings. The summed E-state index contributed by atoms with van der Waals surface area (Å²) in [6, 6.07) is 9.73. The van der Waals surface area contributed by atoms with Crippen LogP contribution >= 0.6 is 28.3 Å². The van der Waals surface area contributed by atoms with Crippen molar-refractivity contribution < 1.29 is 4.57 Å². The van der Waals surface area contributed by atoms with Crippen LogP contribution < -0.4 is 0 Å². The monoisotopic (exact) mass is 222 g/mol. The van der Waals surface area contributed by atoms with E-state index in [9.17, 15) is 4.57 Å². The number of hydrogen-bond acceptors (Lipinski definition) is 1. The highest BCUT2D eigenvalue weighted by Gasteiger charge is 2.12. The molecule has 0 aliphatic carbocycles. The van der Waals surface area contributed by atoms with Crippen molar-refractivity contribution in [1.29, 1.82) is 0 Å². The maximum absolute atomic E-state index is 10.9. The van der Waals surface area contributed by atoms with E-state index in [1.165, 1.54) is 0 Å². The number of rotatable bonds is 3. The molecule has 0 aliphatic heterocycles. The molecular weight excluding hydrogens is 214 g/mol. The maximum atomic E-state index is 10.9. The van der Waals surface area contributed by atoms with Gasteiger partial charge in [-0.25, -0.2) is 0 Å². The Morgan fingerprint density at radius 1 is 1.17 bits per heavy atom. The topological polar surface area (TPSA) is 17.1 Å². The van der Waals surface area contributed by atoms with Gasteiger partial charge in [-0.3, -0.25) is 4.57 Å². The predicted octanol–water partition coefficient (Wildman–Crippen LogP) is 3.90. The molecule has 0 spiro atoms. The normalized spacial score (nSPS) is 11.5. The van der Waals surface area contributed by atoms with Gasteiger partial charge < -0.3 is 0 Å². The van der Waals surface area contributed by atoms with Crippen LogP contribution in [0.5, 0.6) is 0 Å². The molecule has 4 heteroatoms. The Balaban J connectivity index is 2.50. The summed E-state index contributed by atoms with van der Waals surface area (Å²) in [4.78, 5) is 0. The lowest BCUT2D eigenvalue weighted by molar-refractivity contribution is 0.592. The first-order valence-corrected chi connectivity index (χ1v) is 7.30. The highest BCUT2D eigenvalue weighted by atomic mass is 35.9. The van der Waals surface area contributed by atoms with E-state index in [2.05, 4.69) is 0 Å². The van der Waals surface area contributed by atoms with Crippen LogP contribution in [0.1, 0.15) is 5.56 Å². The van der Waals surface area contributed by atoms with Gasteiger partial charge in [0.25, 0.3) is 5.85 Å². The van der Waals surface area contributed by atoms with Crippen molar-refractivity contribution in [2.45, 2.75) is 6.42 Å². The fraction of sp³-hybridized carbons (Fsp3) is 0.250. The van der Waals surface area contributed by atoms with Gasteiger partial charge in [-0.15, -0.1) is 0 Å². The fourth-order valence-corrected chi connectivity index (χ4v) is 1.93. The van der Waals surface area contributed by atoms with E-state index in [0.29, 0.717) is 12.6 Å². The molecule has 12 heavy (non-hydrogen) atoms. The SMILES string of the molecule is O=P(Cl)(Cl)CCc1ccccc1. The van der Waals surface area contributed by atoms with Crippen molar-refractivity contribution in [1.82, 2.24) is 0 Å². The summed E-state index contributed by atoms with van der Waals surface area (Å²) >= 11 is 10.8. The van der Waals surface area contributed by atoms with Crippen LogP contribution in [-0.4, -0.2) is 6.16 Å². The molecule has 1 rings (SSSR count). The van der Waals surface area contributed by atoms with E-state index in [-0.39, 0.29) is 0 Å². The zero-order chi connectivity index (χ0) is 9.03. The van der Waals surface area contributed by atoms with Crippen molar-refractivity contribution in [2.75, 3.05) is 6.16 Å². The van der Waals surface area contributed by atoms with Crippen molar-refractivity contribution >= 4 is 28.3 Å². The van der Waals surface area contributed by atoms with E-state index < -0.39 is 5.85 Å². The molecule has 0 heterocycles. The third-order valence-electron chi connectivity index (χ3n) is 1.50. The van der Waals surface area contributed by atoms with Crippen molar-refractivity contribution in [3.63, 3.8) is 0 Å². The minimum absolute atomic E-state index is 0.347. The standard InChI is InChI=1S/C8H9Cl2OP/c9-12(10,11)7-6-8-4-2-1-3-5-8/h1-5H,6-7H2. The third kappa shape index (κ3) is 4.15. The van der Waals surface area contributed by atoms with Crippen LogP contribution in [0.2, 0.25) is 0 Å². The smallest absolute Gasteiger partial charge is 0.253 e. The van der Waals surface area contributed by atoms with Gasteiger partial charge in [0.05, 0.1) is 0 Å². The largest absolute Gasteiger partial charge is 0.289 e. The molecule has 0 atom stereocenters. The molecule has 1 aromatic carbocycles.